The summed E-state index contributed by atoms with van der Waals surface area (Å²) in [6.45, 7) is 4.02. The second-order valence-electron chi connectivity index (χ2n) is 4.28. The number of carbonyl (C=O) groups is 2. The van der Waals surface area contributed by atoms with Crippen molar-refractivity contribution in [3.63, 3.8) is 0 Å². The van der Waals surface area contributed by atoms with E-state index >= 15 is 0 Å². The number of hydrogen-bond donors (Lipinski definition) is 0. The molecule has 1 aromatic carbocycles. The summed E-state index contributed by atoms with van der Waals surface area (Å²) in [4.78, 5) is 25.0. The van der Waals surface area contributed by atoms with Crippen LogP contribution >= 0.6 is 27.7 Å². The highest BCUT2D eigenvalue weighted by Gasteiger charge is 2.26. The van der Waals surface area contributed by atoms with Crippen molar-refractivity contribution in [3.05, 3.63) is 28.7 Å². The van der Waals surface area contributed by atoms with Gasteiger partial charge in [-0.25, -0.2) is 0 Å². The molecule has 0 aromatic heterocycles. The third-order valence-corrected chi connectivity index (χ3v) is 4.79. The van der Waals surface area contributed by atoms with Crippen LogP contribution in [0.25, 0.3) is 0 Å². The monoisotopic (exact) mass is 358 g/mol. The summed E-state index contributed by atoms with van der Waals surface area (Å²) in [6.07, 6.45) is 1.34. The van der Waals surface area contributed by atoms with Gasteiger partial charge in [0.05, 0.1) is 12.4 Å². The van der Waals surface area contributed by atoms with E-state index in [2.05, 4.69) is 15.9 Å². The minimum atomic E-state index is -0.630. The van der Waals surface area contributed by atoms with E-state index in [4.69, 9.17) is 4.74 Å². The van der Waals surface area contributed by atoms with Crippen LogP contribution in [0.4, 0.5) is 0 Å². The van der Waals surface area contributed by atoms with Gasteiger partial charge in [-0.1, -0.05) is 25.5 Å². The number of hydrogen-bond acceptors (Lipinski definition) is 4. The molecule has 0 N–H and O–H groups in total. The first-order valence-corrected chi connectivity index (χ1v) is 8.44. The molecule has 0 radical (unpaired) electrons. The molecule has 1 aromatic rings. The Morgan fingerprint density at radius 1 is 1.30 bits per heavy atom. The average molecular weight is 359 g/mol. The maximum atomic E-state index is 12.2. The van der Waals surface area contributed by atoms with Crippen LogP contribution in [0.5, 0.6) is 0 Å². The van der Waals surface area contributed by atoms with E-state index in [1.54, 1.807) is 6.92 Å². The van der Waals surface area contributed by atoms with Crippen molar-refractivity contribution in [1.29, 1.82) is 0 Å². The second-order valence-corrected chi connectivity index (χ2v) is 6.15. The minimum absolute atomic E-state index is 0.0638. The quantitative estimate of drug-likeness (QED) is 0.398. The molecule has 1 rings (SSSR count). The van der Waals surface area contributed by atoms with E-state index in [-0.39, 0.29) is 11.5 Å². The molecular formula is C15H19BrO3S. The van der Waals surface area contributed by atoms with Gasteiger partial charge in [0, 0.05) is 9.37 Å². The first-order chi connectivity index (χ1) is 9.60. The smallest absolute Gasteiger partial charge is 0.316 e. The Bertz CT molecular complexity index is 462. The number of ketones is 1. The fourth-order valence-corrected chi connectivity index (χ4v) is 3.26. The van der Waals surface area contributed by atoms with E-state index in [0.717, 1.165) is 15.8 Å². The van der Waals surface area contributed by atoms with Gasteiger partial charge in [-0.2, -0.15) is 0 Å². The Morgan fingerprint density at radius 3 is 2.60 bits per heavy atom. The Labute approximate surface area is 132 Å². The summed E-state index contributed by atoms with van der Waals surface area (Å²) in [7, 11) is 0. The lowest BCUT2D eigenvalue weighted by atomic mass is 10.00. The molecule has 0 amide bonds. The van der Waals surface area contributed by atoms with Crippen molar-refractivity contribution in [1.82, 2.24) is 0 Å². The summed E-state index contributed by atoms with van der Waals surface area (Å²) in [5, 5.41) is 0. The van der Waals surface area contributed by atoms with Crippen LogP contribution in [0.2, 0.25) is 0 Å². The maximum Gasteiger partial charge on any atom is 0.316 e. The van der Waals surface area contributed by atoms with Crippen LogP contribution in [-0.4, -0.2) is 24.1 Å². The molecule has 0 fully saturated rings. The van der Waals surface area contributed by atoms with E-state index < -0.39 is 11.9 Å². The SMILES string of the molecule is CCCC(C(=O)CSc1ccccc1Br)C(=O)OCC. The van der Waals surface area contributed by atoms with Crippen LogP contribution in [0, 0.1) is 5.92 Å². The highest BCUT2D eigenvalue weighted by Crippen LogP contribution is 2.28. The molecule has 0 saturated carbocycles. The van der Waals surface area contributed by atoms with Crippen LogP contribution in [0.15, 0.2) is 33.6 Å². The van der Waals surface area contributed by atoms with E-state index in [9.17, 15) is 9.59 Å². The molecule has 0 aliphatic rings. The largest absolute Gasteiger partial charge is 0.465 e. The number of halogens is 1. The number of Topliss-reactive ketones (excluding diaryl/α,β-unsaturated/α-hetero) is 1. The normalized spacial score (nSPS) is 11.9. The van der Waals surface area contributed by atoms with Crippen molar-refractivity contribution in [2.45, 2.75) is 31.6 Å². The minimum Gasteiger partial charge on any atom is -0.465 e. The van der Waals surface area contributed by atoms with Crippen molar-refractivity contribution in [2.75, 3.05) is 12.4 Å². The summed E-state index contributed by atoms with van der Waals surface area (Å²) in [5.41, 5.74) is 0. The molecular weight excluding hydrogens is 340 g/mol. The van der Waals surface area contributed by atoms with Gasteiger partial charge in [0.1, 0.15) is 5.92 Å². The molecule has 3 nitrogen and oxygen atoms in total. The van der Waals surface area contributed by atoms with Crippen LogP contribution in [0.1, 0.15) is 26.7 Å². The van der Waals surface area contributed by atoms with E-state index in [1.807, 2.05) is 31.2 Å². The predicted molar refractivity (Wildman–Crippen MR) is 84.9 cm³/mol. The number of esters is 1. The van der Waals surface area contributed by atoms with Crippen LogP contribution < -0.4 is 0 Å². The topological polar surface area (TPSA) is 43.4 Å². The number of carbonyl (C=O) groups excluding carboxylic acids is 2. The molecule has 0 aliphatic carbocycles. The molecule has 1 atom stereocenters. The van der Waals surface area contributed by atoms with Crippen LogP contribution in [0.3, 0.4) is 0 Å². The molecule has 0 saturated heterocycles. The van der Waals surface area contributed by atoms with Gasteiger partial charge in [0.25, 0.3) is 0 Å². The zero-order chi connectivity index (χ0) is 15.0. The van der Waals surface area contributed by atoms with Gasteiger partial charge in [-0.15, -0.1) is 11.8 Å². The van der Waals surface area contributed by atoms with Crippen molar-refractivity contribution in [3.8, 4) is 0 Å². The molecule has 0 bridgehead atoms. The van der Waals surface area contributed by atoms with Crippen LogP contribution in [-0.2, 0) is 14.3 Å². The zero-order valence-electron chi connectivity index (χ0n) is 11.7. The fourth-order valence-electron chi connectivity index (χ4n) is 1.75. The van der Waals surface area contributed by atoms with Gasteiger partial charge >= 0.3 is 5.97 Å². The van der Waals surface area contributed by atoms with E-state index in [1.165, 1.54) is 11.8 Å². The Hall–Kier alpha value is -0.810. The maximum absolute atomic E-state index is 12.2. The molecule has 1 unspecified atom stereocenters. The van der Waals surface area contributed by atoms with Gasteiger partial charge in [-0.05, 0) is 41.4 Å². The number of thioether (sulfide) groups is 1. The summed E-state index contributed by atoms with van der Waals surface area (Å²) >= 11 is 4.88. The molecule has 5 heteroatoms. The number of benzene rings is 1. The third-order valence-electron chi connectivity index (χ3n) is 2.74. The second kappa shape index (κ2) is 9.19. The summed E-state index contributed by atoms with van der Waals surface area (Å²) in [5.74, 6) is -0.806. The Balaban J connectivity index is 2.62. The van der Waals surface area contributed by atoms with Gasteiger partial charge in [0.15, 0.2) is 5.78 Å². The summed E-state index contributed by atoms with van der Waals surface area (Å²) in [6, 6.07) is 7.73. The lowest BCUT2D eigenvalue weighted by Gasteiger charge is -2.13. The molecule has 0 aliphatic heterocycles. The first kappa shape index (κ1) is 17.2. The summed E-state index contributed by atoms with van der Waals surface area (Å²) < 4.78 is 5.93. The lowest BCUT2D eigenvalue weighted by molar-refractivity contribution is -0.151. The highest BCUT2D eigenvalue weighted by molar-refractivity contribution is 9.10. The molecule has 0 heterocycles. The van der Waals surface area contributed by atoms with Gasteiger partial charge in [-0.3, -0.25) is 9.59 Å². The molecule has 0 spiro atoms. The number of rotatable bonds is 8. The Morgan fingerprint density at radius 2 is 2.00 bits per heavy atom. The van der Waals surface area contributed by atoms with E-state index in [0.29, 0.717) is 13.0 Å². The first-order valence-electron chi connectivity index (χ1n) is 6.66. The zero-order valence-corrected chi connectivity index (χ0v) is 14.1. The predicted octanol–water partition coefficient (Wildman–Crippen LogP) is 4.09. The van der Waals surface area contributed by atoms with Crippen molar-refractivity contribution < 1.29 is 14.3 Å². The number of ether oxygens (including phenoxy) is 1. The average Bonchev–Trinajstić information content (AvgIpc) is 2.43. The third kappa shape index (κ3) is 5.29. The van der Waals surface area contributed by atoms with Gasteiger partial charge in [0.2, 0.25) is 0 Å². The van der Waals surface area contributed by atoms with Crippen molar-refractivity contribution in [2.24, 2.45) is 5.92 Å². The fraction of sp³-hybridized carbons (Fsp3) is 0.467. The van der Waals surface area contributed by atoms with Crippen molar-refractivity contribution >= 4 is 39.4 Å². The van der Waals surface area contributed by atoms with Gasteiger partial charge < -0.3 is 4.74 Å². The molecule has 20 heavy (non-hydrogen) atoms. The Kier molecular flexibility index (Phi) is 7.92. The standard InChI is InChI=1S/C15H19BrO3S/c1-3-7-11(15(18)19-4-2)13(17)10-20-14-9-6-5-8-12(14)16/h5-6,8-9,11H,3-4,7,10H2,1-2H3. The lowest BCUT2D eigenvalue weighted by Crippen LogP contribution is -2.27. The molecule has 110 valence electrons. The highest BCUT2D eigenvalue weighted by atomic mass is 79.9.